The van der Waals surface area contributed by atoms with Crippen molar-refractivity contribution in [1.29, 1.82) is 0 Å². The van der Waals surface area contributed by atoms with Gasteiger partial charge in [0, 0.05) is 25.2 Å². The van der Waals surface area contributed by atoms with Gasteiger partial charge in [-0.1, -0.05) is 0 Å². The molecule has 0 bridgehead atoms. The second-order valence-corrected chi connectivity index (χ2v) is 5.79. The first-order chi connectivity index (χ1) is 9.97. The van der Waals surface area contributed by atoms with E-state index in [1.54, 1.807) is 6.07 Å². The van der Waals surface area contributed by atoms with E-state index in [0.717, 1.165) is 19.4 Å². The summed E-state index contributed by atoms with van der Waals surface area (Å²) in [6.45, 7) is 3.17. The van der Waals surface area contributed by atoms with Gasteiger partial charge in [0.15, 0.2) is 0 Å². The second-order valence-electron chi connectivity index (χ2n) is 5.79. The predicted molar refractivity (Wildman–Crippen MR) is 74.3 cm³/mol. The van der Waals surface area contributed by atoms with Crippen molar-refractivity contribution in [2.45, 2.75) is 44.8 Å². The maximum atomic E-state index is 13.0. The summed E-state index contributed by atoms with van der Waals surface area (Å²) in [6, 6.07) is 1.98. The zero-order valence-corrected chi connectivity index (χ0v) is 12.0. The van der Waals surface area contributed by atoms with Crippen LogP contribution >= 0.6 is 0 Å². The van der Waals surface area contributed by atoms with Crippen LogP contribution in [0, 0.1) is 5.92 Å². The van der Waals surface area contributed by atoms with Crippen molar-refractivity contribution in [2.24, 2.45) is 5.92 Å². The Morgan fingerprint density at radius 3 is 2.48 bits per heavy atom. The van der Waals surface area contributed by atoms with E-state index in [1.807, 2.05) is 11.8 Å². The van der Waals surface area contributed by atoms with Gasteiger partial charge in [-0.15, -0.1) is 0 Å². The molecule has 1 N–H and O–H groups in total. The van der Waals surface area contributed by atoms with E-state index >= 15 is 0 Å². The Morgan fingerprint density at radius 2 is 1.95 bits per heavy atom. The maximum Gasteiger partial charge on any atom is 0.451 e. The third kappa shape index (κ3) is 3.57. The summed E-state index contributed by atoms with van der Waals surface area (Å²) in [5.74, 6) is 0.203. The summed E-state index contributed by atoms with van der Waals surface area (Å²) < 4.78 is 38.9. The molecule has 0 spiro atoms. The van der Waals surface area contributed by atoms with E-state index in [4.69, 9.17) is 0 Å². The number of anilines is 2. The van der Waals surface area contributed by atoms with E-state index in [1.165, 1.54) is 12.8 Å². The van der Waals surface area contributed by atoms with Crippen molar-refractivity contribution in [2.75, 3.05) is 23.3 Å². The van der Waals surface area contributed by atoms with E-state index in [9.17, 15) is 13.2 Å². The zero-order chi connectivity index (χ0) is 15.0. The average Bonchev–Trinajstić information content (AvgIpc) is 3.27. The number of nitrogens with zero attached hydrogens (tertiary/aromatic N) is 3. The van der Waals surface area contributed by atoms with Crippen LogP contribution in [0.25, 0.3) is 0 Å². The second kappa shape index (κ2) is 5.35. The SMILES string of the molecule is CCNc1cc(N(CC2CC2)C2CC2)nc(C(F)(F)F)n1. The van der Waals surface area contributed by atoms with Gasteiger partial charge in [-0.05, 0) is 38.5 Å². The number of rotatable bonds is 6. The molecule has 116 valence electrons. The van der Waals surface area contributed by atoms with Crippen LogP contribution < -0.4 is 10.2 Å². The smallest absolute Gasteiger partial charge is 0.370 e. The van der Waals surface area contributed by atoms with Crippen LogP contribution in [-0.4, -0.2) is 29.1 Å². The summed E-state index contributed by atoms with van der Waals surface area (Å²) in [5.41, 5.74) is 0. The molecule has 0 amide bonds. The van der Waals surface area contributed by atoms with Gasteiger partial charge >= 0.3 is 6.18 Å². The number of hydrogen-bond donors (Lipinski definition) is 1. The standard InChI is InChI=1S/C14H19F3N4/c1-2-18-11-7-12(20-13(19-11)14(15,16)17)21(10-5-6-10)8-9-3-4-9/h7,9-10H,2-6,8H2,1H3,(H,18,19,20). The molecule has 1 aromatic rings. The third-order valence-corrected chi connectivity index (χ3v) is 3.76. The van der Waals surface area contributed by atoms with Crippen LogP contribution in [0.5, 0.6) is 0 Å². The summed E-state index contributed by atoms with van der Waals surface area (Å²) in [5, 5.41) is 2.87. The molecule has 2 aliphatic carbocycles. The lowest BCUT2D eigenvalue weighted by molar-refractivity contribution is -0.144. The molecule has 2 saturated carbocycles. The van der Waals surface area contributed by atoms with Crippen LogP contribution in [0.4, 0.5) is 24.8 Å². The lowest BCUT2D eigenvalue weighted by Gasteiger charge is -2.24. The Balaban J connectivity index is 1.92. The molecule has 0 saturated heterocycles. The van der Waals surface area contributed by atoms with Crippen molar-refractivity contribution in [1.82, 2.24) is 9.97 Å². The minimum absolute atomic E-state index is 0.247. The summed E-state index contributed by atoms with van der Waals surface area (Å²) in [4.78, 5) is 9.39. The predicted octanol–water partition coefficient (Wildman–Crippen LogP) is 3.31. The summed E-state index contributed by atoms with van der Waals surface area (Å²) in [7, 11) is 0. The van der Waals surface area contributed by atoms with Gasteiger partial charge in [0.2, 0.25) is 5.82 Å². The number of alkyl halides is 3. The first kappa shape index (κ1) is 14.4. The van der Waals surface area contributed by atoms with Gasteiger partial charge < -0.3 is 10.2 Å². The fourth-order valence-electron chi connectivity index (χ4n) is 2.37. The molecule has 4 nitrogen and oxygen atoms in total. The normalized spacial score (nSPS) is 18.7. The molecule has 7 heteroatoms. The largest absolute Gasteiger partial charge is 0.451 e. The van der Waals surface area contributed by atoms with Gasteiger partial charge in [-0.25, -0.2) is 9.97 Å². The monoisotopic (exact) mass is 300 g/mol. The molecule has 0 aliphatic heterocycles. The lowest BCUT2D eigenvalue weighted by Crippen LogP contribution is -2.30. The van der Waals surface area contributed by atoms with E-state index < -0.39 is 12.0 Å². The molecular formula is C14H19F3N4. The molecule has 0 unspecified atom stereocenters. The zero-order valence-electron chi connectivity index (χ0n) is 12.0. The third-order valence-electron chi connectivity index (χ3n) is 3.76. The van der Waals surface area contributed by atoms with Crippen molar-refractivity contribution in [3.63, 3.8) is 0 Å². The molecule has 1 heterocycles. The van der Waals surface area contributed by atoms with Gasteiger partial charge in [0.05, 0.1) is 0 Å². The van der Waals surface area contributed by atoms with Gasteiger partial charge in [-0.2, -0.15) is 13.2 Å². The fraction of sp³-hybridized carbons (Fsp3) is 0.714. The number of hydrogen-bond acceptors (Lipinski definition) is 4. The van der Waals surface area contributed by atoms with Gasteiger partial charge in [-0.3, -0.25) is 0 Å². The minimum Gasteiger partial charge on any atom is -0.370 e. The van der Waals surface area contributed by atoms with Gasteiger partial charge in [0.1, 0.15) is 11.6 Å². The highest BCUT2D eigenvalue weighted by Crippen LogP contribution is 2.38. The van der Waals surface area contributed by atoms with Crippen molar-refractivity contribution < 1.29 is 13.2 Å². The summed E-state index contributed by atoms with van der Waals surface area (Å²) >= 11 is 0. The molecule has 1 aromatic heterocycles. The molecule has 0 atom stereocenters. The highest BCUT2D eigenvalue weighted by atomic mass is 19.4. The Hall–Kier alpha value is -1.53. The van der Waals surface area contributed by atoms with Crippen LogP contribution in [0.15, 0.2) is 6.07 Å². The van der Waals surface area contributed by atoms with Crippen LogP contribution in [0.3, 0.4) is 0 Å². The molecule has 0 radical (unpaired) electrons. The van der Waals surface area contributed by atoms with Crippen molar-refractivity contribution >= 4 is 11.6 Å². The van der Waals surface area contributed by atoms with Crippen LogP contribution in [0.1, 0.15) is 38.4 Å². The molecule has 0 aromatic carbocycles. The molecule has 2 aliphatic rings. The molecule has 3 rings (SSSR count). The first-order valence-electron chi connectivity index (χ1n) is 7.44. The highest BCUT2D eigenvalue weighted by Gasteiger charge is 2.38. The Morgan fingerprint density at radius 1 is 1.24 bits per heavy atom. The topological polar surface area (TPSA) is 41.0 Å². The quantitative estimate of drug-likeness (QED) is 0.875. The highest BCUT2D eigenvalue weighted by molar-refractivity contribution is 5.51. The van der Waals surface area contributed by atoms with Crippen LogP contribution in [-0.2, 0) is 6.18 Å². The first-order valence-corrected chi connectivity index (χ1v) is 7.44. The fourth-order valence-corrected chi connectivity index (χ4v) is 2.37. The van der Waals surface area contributed by atoms with Crippen molar-refractivity contribution in [3.05, 3.63) is 11.9 Å². The molecule has 2 fully saturated rings. The van der Waals surface area contributed by atoms with Gasteiger partial charge in [0.25, 0.3) is 0 Å². The number of aromatic nitrogens is 2. The Kier molecular flexibility index (Phi) is 3.67. The average molecular weight is 300 g/mol. The van der Waals surface area contributed by atoms with Crippen molar-refractivity contribution in [3.8, 4) is 0 Å². The van der Waals surface area contributed by atoms with Crippen LogP contribution in [0.2, 0.25) is 0 Å². The number of nitrogens with one attached hydrogen (secondary N) is 1. The Labute approximate surface area is 121 Å². The Bertz CT molecular complexity index is 509. The summed E-state index contributed by atoms with van der Waals surface area (Å²) in [6.07, 6.45) is -0.112. The molecular weight excluding hydrogens is 281 g/mol. The van der Waals surface area contributed by atoms with E-state index in [-0.39, 0.29) is 5.82 Å². The van der Waals surface area contributed by atoms with E-state index in [2.05, 4.69) is 15.3 Å². The van der Waals surface area contributed by atoms with E-state index in [0.29, 0.717) is 24.3 Å². The molecule has 21 heavy (non-hydrogen) atoms. The lowest BCUT2D eigenvalue weighted by atomic mass is 10.3. The maximum absolute atomic E-state index is 13.0. The number of halogens is 3. The minimum atomic E-state index is -4.52.